The maximum absolute atomic E-state index is 13.1. The number of carbonyl (C=O) groups excluding carboxylic acids is 4. The molecule has 6 atom stereocenters. The largest absolute Gasteiger partial charge is 0.472 e. The molecule has 0 heterocycles. The summed E-state index contributed by atoms with van der Waals surface area (Å²) in [6.45, 7) is 14.2. The van der Waals surface area contributed by atoms with Gasteiger partial charge in [-0.3, -0.25) is 37.3 Å². The molecule has 0 saturated heterocycles. The van der Waals surface area contributed by atoms with Crippen molar-refractivity contribution in [1.82, 2.24) is 0 Å². The van der Waals surface area contributed by atoms with Gasteiger partial charge in [0.15, 0.2) is 12.2 Å². The molecule has 0 amide bonds. The van der Waals surface area contributed by atoms with E-state index in [1.165, 1.54) is 173 Å². The summed E-state index contributed by atoms with van der Waals surface area (Å²) in [4.78, 5) is 72.8. The van der Waals surface area contributed by atoms with E-state index >= 15 is 0 Å². The molecular formula is C75H146O17P2. The Morgan fingerprint density at radius 1 is 0.298 bits per heavy atom. The summed E-state index contributed by atoms with van der Waals surface area (Å²) in [6.07, 6.45) is 48.6. The molecule has 0 saturated carbocycles. The first kappa shape index (κ1) is 92.1. The van der Waals surface area contributed by atoms with Gasteiger partial charge in [0, 0.05) is 25.7 Å². The first-order chi connectivity index (χ1) is 45.1. The van der Waals surface area contributed by atoms with Crippen LogP contribution in [0.2, 0.25) is 0 Å². The van der Waals surface area contributed by atoms with Gasteiger partial charge in [-0.05, 0) is 49.4 Å². The molecule has 17 nitrogen and oxygen atoms in total. The highest BCUT2D eigenvalue weighted by atomic mass is 31.2. The lowest BCUT2D eigenvalue weighted by atomic mass is 10.00. The van der Waals surface area contributed by atoms with Crippen LogP contribution in [-0.2, 0) is 65.4 Å². The van der Waals surface area contributed by atoms with E-state index in [4.69, 9.17) is 37.0 Å². The number of aliphatic hydroxyl groups excluding tert-OH is 1. The van der Waals surface area contributed by atoms with Crippen LogP contribution in [0.25, 0.3) is 0 Å². The van der Waals surface area contributed by atoms with Crippen LogP contribution in [0.15, 0.2) is 0 Å². The van der Waals surface area contributed by atoms with Gasteiger partial charge in [0.1, 0.15) is 19.3 Å². The van der Waals surface area contributed by atoms with Gasteiger partial charge in [-0.1, -0.05) is 325 Å². The Balaban J connectivity index is 5.25. The molecule has 0 rings (SSSR count). The Morgan fingerprint density at radius 2 is 0.511 bits per heavy atom. The minimum Gasteiger partial charge on any atom is -0.462 e. The van der Waals surface area contributed by atoms with Gasteiger partial charge in [-0.25, -0.2) is 9.13 Å². The van der Waals surface area contributed by atoms with Gasteiger partial charge in [-0.2, -0.15) is 0 Å². The van der Waals surface area contributed by atoms with E-state index in [0.29, 0.717) is 25.7 Å². The average molecular weight is 1380 g/mol. The van der Waals surface area contributed by atoms with Crippen molar-refractivity contribution in [3.05, 3.63) is 0 Å². The van der Waals surface area contributed by atoms with Crippen LogP contribution in [0.5, 0.6) is 0 Å². The second-order valence-corrected chi connectivity index (χ2v) is 31.6. The summed E-state index contributed by atoms with van der Waals surface area (Å²) in [5.74, 6) is 0.921. The minimum atomic E-state index is -4.96. The van der Waals surface area contributed by atoms with E-state index in [0.717, 1.165) is 120 Å². The number of phosphoric acid groups is 2. The number of ether oxygens (including phenoxy) is 4. The SMILES string of the molecule is CCC(C)CCCCCCCCC(=O)OC[C@H](COP(=O)(O)OC[C@H](O)COP(=O)(O)OC[C@@H](COC(=O)CCCCCCCCCCCCC(C)C)OC(=O)CCCCCCCCCCCCCCCCCC(C)C)OC(=O)CCCCCCCCCCCCC(C)C. The summed E-state index contributed by atoms with van der Waals surface area (Å²) in [6, 6.07) is 0. The minimum absolute atomic E-state index is 0.105. The maximum Gasteiger partial charge on any atom is 0.472 e. The molecule has 0 radical (unpaired) electrons. The molecular weight excluding hydrogens is 1230 g/mol. The summed E-state index contributed by atoms with van der Waals surface area (Å²) in [7, 11) is -9.91. The van der Waals surface area contributed by atoms with E-state index in [1.807, 2.05) is 0 Å². The highest BCUT2D eigenvalue weighted by Gasteiger charge is 2.30. The molecule has 0 aromatic heterocycles. The fraction of sp³-hybridized carbons (Fsp3) is 0.947. The highest BCUT2D eigenvalue weighted by Crippen LogP contribution is 2.45. The third kappa shape index (κ3) is 67.3. The molecule has 3 unspecified atom stereocenters. The number of hydrogen-bond acceptors (Lipinski definition) is 15. The second-order valence-electron chi connectivity index (χ2n) is 28.7. The monoisotopic (exact) mass is 1380 g/mol. The number of carbonyl (C=O) groups is 4. The van der Waals surface area contributed by atoms with Crippen molar-refractivity contribution in [3.63, 3.8) is 0 Å². The molecule has 3 N–H and O–H groups in total. The average Bonchev–Trinajstić information content (AvgIpc) is 1.41. The third-order valence-corrected chi connectivity index (χ3v) is 19.6. The highest BCUT2D eigenvalue weighted by molar-refractivity contribution is 7.47. The molecule has 558 valence electrons. The number of rotatable bonds is 72. The fourth-order valence-electron chi connectivity index (χ4n) is 11.3. The topological polar surface area (TPSA) is 237 Å². The Kier molecular flexibility index (Phi) is 63.1. The summed E-state index contributed by atoms with van der Waals surface area (Å²) in [5.41, 5.74) is 0. The van der Waals surface area contributed by atoms with Crippen molar-refractivity contribution < 1.29 is 80.2 Å². The molecule has 0 bridgehead atoms. The van der Waals surface area contributed by atoms with E-state index in [1.54, 1.807) is 0 Å². The number of phosphoric ester groups is 2. The summed E-state index contributed by atoms with van der Waals surface area (Å²) >= 11 is 0. The van der Waals surface area contributed by atoms with Crippen LogP contribution in [-0.4, -0.2) is 96.7 Å². The third-order valence-electron chi connectivity index (χ3n) is 17.7. The van der Waals surface area contributed by atoms with E-state index < -0.39 is 97.5 Å². The Hall–Kier alpha value is -1.94. The lowest BCUT2D eigenvalue weighted by molar-refractivity contribution is -0.161. The van der Waals surface area contributed by atoms with Crippen molar-refractivity contribution in [3.8, 4) is 0 Å². The molecule has 0 aliphatic carbocycles. The lowest BCUT2D eigenvalue weighted by Crippen LogP contribution is -2.30. The maximum atomic E-state index is 13.1. The molecule has 0 fully saturated rings. The zero-order valence-corrected chi connectivity index (χ0v) is 63.4. The van der Waals surface area contributed by atoms with Gasteiger partial charge < -0.3 is 33.8 Å². The fourth-order valence-corrected chi connectivity index (χ4v) is 12.9. The smallest absolute Gasteiger partial charge is 0.462 e. The van der Waals surface area contributed by atoms with E-state index in [-0.39, 0.29) is 25.7 Å². The van der Waals surface area contributed by atoms with Gasteiger partial charge in [0.25, 0.3) is 0 Å². The first-order valence-electron chi connectivity index (χ1n) is 38.7. The predicted octanol–water partition coefficient (Wildman–Crippen LogP) is 21.7. The van der Waals surface area contributed by atoms with Crippen LogP contribution >= 0.6 is 15.6 Å². The molecule has 19 heteroatoms. The van der Waals surface area contributed by atoms with Gasteiger partial charge in [-0.15, -0.1) is 0 Å². The summed E-state index contributed by atoms with van der Waals surface area (Å²) in [5, 5.41) is 10.6. The Labute approximate surface area is 575 Å². The number of aliphatic hydroxyl groups is 1. The normalized spacial score (nSPS) is 14.4. The molecule has 0 aliphatic heterocycles. The Morgan fingerprint density at radius 3 is 0.755 bits per heavy atom. The van der Waals surface area contributed by atoms with Crippen molar-refractivity contribution in [2.45, 2.75) is 395 Å². The van der Waals surface area contributed by atoms with Gasteiger partial charge >= 0.3 is 39.5 Å². The standard InChI is InChI=1S/C75H146O17P2/c1-9-68(8)54-46-38-33-34-40-48-56-73(78)86-62-71(92-75(80)58-50-42-32-26-20-18-23-29-37-45-53-67(6)7)64-90-94(83,84)88-60-69(76)59-87-93(81,82)89-63-70(61-85-72(77)55-47-39-30-24-19-17-22-28-36-44-52-66(4)5)91-74(79)57-49-41-31-25-16-14-12-10-11-13-15-21-27-35-43-51-65(2)3/h65-71,76H,9-64H2,1-8H3,(H,81,82)(H,83,84)/t68?,69-,70-,71-/m1/s1. The first-order valence-corrected chi connectivity index (χ1v) is 41.7. The molecule has 0 aliphatic rings. The molecule has 94 heavy (non-hydrogen) atoms. The van der Waals surface area contributed by atoms with E-state index in [2.05, 4.69) is 55.4 Å². The van der Waals surface area contributed by atoms with Gasteiger partial charge in [0.2, 0.25) is 0 Å². The van der Waals surface area contributed by atoms with Crippen LogP contribution < -0.4 is 0 Å². The van der Waals surface area contributed by atoms with Gasteiger partial charge in [0.05, 0.1) is 26.4 Å². The van der Waals surface area contributed by atoms with Crippen molar-refractivity contribution >= 4 is 39.5 Å². The van der Waals surface area contributed by atoms with Crippen LogP contribution in [0.4, 0.5) is 0 Å². The summed E-state index contributed by atoms with van der Waals surface area (Å²) < 4.78 is 68.5. The van der Waals surface area contributed by atoms with Crippen molar-refractivity contribution in [2.24, 2.45) is 23.7 Å². The van der Waals surface area contributed by atoms with Crippen LogP contribution in [0.1, 0.15) is 376 Å². The van der Waals surface area contributed by atoms with E-state index in [9.17, 15) is 43.2 Å². The number of esters is 4. The number of hydrogen-bond donors (Lipinski definition) is 3. The quantitative estimate of drug-likeness (QED) is 0.0222. The van der Waals surface area contributed by atoms with Crippen molar-refractivity contribution in [2.75, 3.05) is 39.6 Å². The Bertz CT molecular complexity index is 1850. The lowest BCUT2D eigenvalue weighted by Gasteiger charge is -2.21. The molecule has 0 aromatic carbocycles. The zero-order chi connectivity index (χ0) is 69.6. The zero-order valence-electron chi connectivity index (χ0n) is 61.6. The number of unbranched alkanes of at least 4 members (excludes halogenated alkanes) is 37. The van der Waals surface area contributed by atoms with Crippen molar-refractivity contribution in [1.29, 1.82) is 0 Å². The molecule has 0 spiro atoms. The van der Waals surface area contributed by atoms with Crippen LogP contribution in [0.3, 0.4) is 0 Å². The molecule has 0 aromatic rings. The van der Waals surface area contributed by atoms with Crippen LogP contribution in [0, 0.1) is 23.7 Å². The second kappa shape index (κ2) is 64.4. The predicted molar refractivity (Wildman–Crippen MR) is 381 cm³/mol.